The van der Waals surface area contributed by atoms with Gasteiger partial charge in [-0.15, -0.1) is 0 Å². The van der Waals surface area contributed by atoms with Gasteiger partial charge < -0.3 is 15.3 Å². The summed E-state index contributed by atoms with van der Waals surface area (Å²) in [6.45, 7) is 0.696. The van der Waals surface area contributed by atoms with Gasteiger partial charge >= 0.3 is 0 Å². The summed E-state index contributed by atoms with van der Waals surface area (Å²) in [5.41, 5.74) is 0.576. The number of aromatic nitrogens is 1. The molecule has 1 aliphatic rings. The van der Waals surface area contributed by atoms with E-state index in [4.69, 9.17) is 5.11 Å². The molecule has 2 N–H and O–H groups in total. The highest BCUT2D eigenvalue weighted by atomic mass is 79.9. The number of nitrogens with zero attached hydrogens (tertiary/aromatic N) is 2. The van der Waals surface area contributed by atoms with Crippen molar-refractivity contribution < 1.29 is 9.90 Å². The second-order valence-corrected chi connectivity index (χ2v) is 5.88. The molecule has 0 atom stereocenters. The van der Waals surface area contributed by atoms with E-state index in [2.05, 4.69) is 26.2 Å². The first-order valence-corrected chi connectivity index (χ1v) is 7.71. The van der Waals surface area contributed by atoms with Gasteiger partial charge in [-0.3, -0.25) is 4.79 Å². The summed E-state index contributed by atoms with van der Waals surface area (Å²) in [5, 5.41) is 12.0. The number of amides is 1. The van der Waals surface area contributed by atoms with E-state index < -0.39 is 0 Å². The Kier molecular flexibility index (Phi) is 5.37. The van der Waals surface area contributed by atoms with Crippen LogP contribution in [0.15, 0.2) is 16.7 Å². The first-order valence-electron chi connectivity index (χ1n) is 6.92. The number of anilines is 1. The molecule has 1 fully saturated rings. The van der Waals surface area contributed by atoms with Crippen LogP contribution in [0.25, 0.3) is 0 Å². The summed E-state index contributed by atoms with van der Waals surface area (Å²) in [4.78, 5) is 18.9. The zero-order valence-electron chi connectivity index (χ0n) is 11.6. The van der Waals surface area contributed by atoms with Crippen molar-refractivity contribution >= 4 is 27.7 Å². The van der Waals surface area contributed by atoms with Gasteiger partial charge in [0.05, 0.1) is 5.56 Å². The fraction of sp³-hybridized carbons (Fsp3) is 0.571. The van der Waals surface area contributed by atoms with E-state index in [0.717, 1.165) is 17.3 Å². The van der Waals surface area contributed by atoms with Crippen LogP contribution < -0.4 is 5.32 Å². The lowest BCUT2D eigenvalue weighted by Crippen LogP contribution is -2.45. The molecule has 0 aromatic carbocycles. The van der Waals surface area contributed by atoms with Crippen molar-refractivity contribution in [1.29, 1.82) is 0 Å². The molecule has 0 aliphatic heterocycles. The molecule has 1 aromatic heterocycles. The number of aliphatic hydroxyl groups is 1. The molecule has 5 nitrogen and oxygen atoms in total. The fourth-order valence-corrected chi connectivity index (χ4v) is 2.68. The number of pyridine rings is 1. The number of hydrogen-bond donors (Lipinski definition) is 2. The Hall–Kier alpha value is -1.14. The van der Waals surface area contributed by atoms with Crippen LogP contribution in [0.2, 0.25) is 0 Å². The molecule has 2 rings (SSSR count). The summed E-state index contributed by atoms with van der Waals surface area (Å²) in [7, 11) is 1.76. The highest BCUT2D eigenvalue weighted by molar-refractivity contribution is 9.10. The highest BCUT2D eigenvalue weighted by Crippen LogP contribution is 2.28. The Balaban J connectivity index is 2.23. The van der Waals surface area contributed by atoms with E-state index in [0.29, 0.717) is 30.4 Å². The molecule has 0 radical (unpaired) electrons. The van der Waals surface area contributed by atoms with Gasteiger partial charge in [0, 0.05) is 36.9 Å². The quantitative estimate of drug-likeness (QED) is 0.832. The van der Waals surface area contributed by atoms with Gasteiger partial charge in [0.15, 0.2) is 0 Å². The van der Waals surface area contributed by atoms with Crippen molar-refractivity contribution in [3.05, 3.63) is 22.3 Å². The third-order valence-electron chi connectivity index (χ3n) is 3.65. The van der Waals surface area contributed by atoms with Gasteiger partial charge in [-0.25, -0.2) is 4.98 Å². The SMILES string of the molecule is CNc1ncc(Br)cc1C(=O)N(CCCO)C1CCC1. The Morgan fingerprint density at radius 3 is 2.90 bits per heavy atom. The molecule has 20 heavy (non-hydrogen) atoms. The zero-order chi connectivity index (χ0) is 14.5. The third kappa shape index (κ3) is 3.30. The third-order valence-corrected chi connectivity index (χ3v) is 4.09. The van der Waals surface area contributed by atoms with Crippen LogP contribution in [0.5, 0.6) is 0 Å². The summed E-state index contributed by atoms with van der Waals surface area (Å²) < 4.78 is 0.788. The lowest BCUT2D eigenvalue weighted by atomic mass is 9.91. The van der Waals surface area contributed by atoms with Gasteiger partial charge in [0.25, 0.3) is 5.91 Å². The van der Waals surface area contributed by atoms with Gasteiger partial charge in [-0.05, 0) is 47.7 Å². The number of nitrogens with one attached hydrogen (secondary N) is 1. The molecule has 110 valence electrons. The minimum absolute atomic E-state index is 0.0127. The van der Waals surface area contributed by atoms with Crippen molar-refractivity contribution in [2.75, 3.05) is 25.5 Å². The summed E-state index contributed by atoms with van der Waals surface area (Å²) in [5.74, 6) is 0.577. The molecule has 0 bridgehead atoms. The van der Waals surface area contributed by atoms with E-state index in [-0.39, 0.29) is 12.5 Å². The van der Waals surface area contributed by atoms with Crippen molar-refractivity contribution in [1.82, 2.24) is 9.88 Å². The zero-order valence-corrected chi connectivity index (χ0v) is 13.2. The van der Waals surface area contributed by atoms with Gasteiger partial charge in [0.2, 0.25) is 0 Å². The van der Waals surface area contributed by atoms with Crippen molar-refractivity contribution in [3.8, 4) is 0 Å². The minimum atomic E-state index is -0.0127. The molecule has 0 unspecified atom stereocenters. The van der Waals surface area contributed by atoms with Crippen molar-refractivity contribution in [2.45, 2.75) is 31.7 Å². The Bertz CT molecular complexity index is 477. The Morgan fingerprint density at radius 1 is 1.60 bits per heavy atom. The van der Waals surface area contributed by atoms with E-state index in [1.807, 2.05) is 4.90 Å². The van der Waals surface area contributed by atoms with Crippen molar-refractivity contribution in [3.63, 3.8) is 0 Å². The maximum atomic E-state index is 12.8. The van der Waals surface area contributed by atoms with Crippen LogP contribution in [0, 0.1) is 0 Å². The van der Waals surface area contributed by atoms with Crippen LogP contribution in [0.4, 0.5) is 5.82 Å². The van der Waals surface area contributed by atoms with Crippen LogP contribution in [-0.2, 0) is 0 Å². The lowest BCUT2D eigenvalue weighted by molar-refractivity contribution is 0.0563. The largest absolute Gasteiger partial charge is 0.396 e. The van der Waals surface area contributed by atoms with Crippen LogP contribution in [-0.4, -0.2) is 47.1 Å². The first kappa shape index (κ1) is 15.3. The predicted molar refractivity (Wildman–Crippen MR) is 81.9 cm³/mol. The standard InChI is InChI=1S/C14H20BrN3O2/c1-16-13-12(8-10(15)9-17-13)14(20)18(6-3-7-19)11-4-2-5-11/h8-9,11,19H,2-7H2,1H3,(H,16,17). The summed E-state index contributed by atoms with van der Waals surface area (Å²) in [6, 6.07) is 2.10. The molecule has 1 aromatic rings. The maximum absolute atomic E-state index is 12.8. The molecular weight excluding hydrogens is 322 g/mol. The molecule has 0 spiro atoms. The molecule has 1 saturated carbocycles. The number of halogens is 1. The number of carbonyl (C=O) groups excluding carboxylic acids is 1. The van der Waals surface area contributed by atoms with E-state index in [1.54, 1.807) is 19.3 Å². The average molecular weight is 342 g/mol. The topological polar surface area (TPSA) is 65.5 Å². The Labute approximate surface area is 127 Å². The predicted octanol–water partition coefficient (Wildman–Crippen LogP) is 2.26. The van der Waals surface area contributed by atoms with E-state index in [9.17, 15) is 4.79 Å². The molecule has 0 saturated heterocycles. The second kappa shape index (κ2) is 7.04. The molecule has 1 heterocycles. The Morgan fingerprint density at radius 2 is 2.35 bits per heavy atom. The first-order chi connectivity index (χ1) is 9.67. The fourth-order valence-electron chi connectivity index (χ4n) is 2.35. The van der Waals surface area contributed by atoms with Gasteiger partial charge in [-0.1, -0.05) is 0 Å². The van der Waals surface area contributed by atoms with Crippen LogP contribution in [0.3, 0.4) is 0 Å². The minimum Gasteiger partial charge on any atom is -0.396 e. The summed E-state index contributed by atoms with van der Waals surface area (Å²) in [6.07, 6.45) is 5.55. The number of hydrogen-bond acceptors (Lipinski definition) is 4. The highest BCUT2D eigenvalue weighted by Gasteiger charge is 2.30. The normalized spacial score (nSPS) is 14.8. The molecule has 6 heteroatoms. The molecular formula is C14H20BrN3O2. The number of rotatable bonds is 6. The van der Waals surface area contributed by atoms with Crippen LogP contribution in [0.1, 0.15) is 36.0 Å². The second-order valence-electron chi connectivity index (χ2n) is 4.96. The molecule has 1 amide bonds. The summed E-state index contributed by atoms with van der Waals surface area (Å²) >= 11 is 3.36. The van der Waals surface area contributed by atoms with E-state index in [1.165, 1.54) is 6.42 Å². The smallest absolute Gasteiger partial charge is 0.257 e. The van der Waals surface area contributed by atoms with Crippen molar-refractivity contribution in [2.24, 2.45) is 0 Å². The number of aliphatic hydroxyl groups excluding tert-OH is 1. The van der Waals surface area contributed by atoms with Gasteiger partial charge in [-0.2, -0.15) is 0 Å². The van der Waals surface area contributed by atoms with E-state index >= 15 is 0 Å². The average Bonchev–Trinajstić information content (AvgIpc) is 2.40. The van der Waals surface area contributed by atoms with Gasteiger partial charge in [0.1, 0.15) is 5.82 Å². The maximum Gasteiger partial charge on any atom is 0.257 e. The lowest BCUT2D eigenvalue weighted by Gasteiger charge is -2.37. The molecule has 1 aliphatic carbocycles. The monoisotopic (exact) mass is 341 g/mol. The number of carbonyl (C=O) groups is 1. The van der Waals surface area contributed by atoms with Crippen LogP contribution >= 0.6 is 15.9 Å².